The van der Waals surface area contributed by atoms with E-state index in [1.165, 1.54) is 17.6 Å². The zero-order valence-electron chi connectivity index (χ0n) is 9.43. The van der Waals surface area contributed by atoms with Crippen LogP contribution in [0, 0.1) is 17.3 Å². The van der Waals surface area contributed by atoms with E-state index in [4.69, 9.17) is 0 Å². The van der Waals surface area contributed by atoms with E-state index in [2.05, 4.69) is 27.4 Å². The third kappa shape index (κ3) is 0.939. The first-order chi connectivity index (χ1) is 6.54. The molecule has 0 saturated heterocycles. The second-order valence-corrected chi connectivity index (χ2v) is 5.08. The van der Waals surface area contributed by atoms with Crippen molar-refractivity contribution in [2.45, 2.75) is 33.6 Å². The minimum absolute atomic E-state index is 0.142. The highest BCUT2D eigenvalue weighted by atomic mass is 16.3. The zero-order chi connectivity index (χ0) is 10.5. The number of hydrogen-bond donors (Lipinski definition) is 1. The summed E-state index contributed by atoms with van der Waals surface area (Å²) in [6.07, 6.45) is 2.36. The lowest BCUT2D eigenvalue weighted by Gasteiger charge is -2.37. The van der Waals surface area contributed by atoms with Crippen LogP contribution < -0.4 is 0 Å². The third-order valence-corrected chi connectivity index (χ3v) is 4.69. The van der Waals surface area contributed by atoms with Crippen molar-refractivity contribution in [3.05, 3.63) is 23.3 Å². The highest BCUT2D eigenvalue weighted by molar-refractivity contribution is 5.40. The topological polar surface area (TPSA) is 20.2 Å². The van der Waals surface area contributed by atoms with Crippen LogP contribution in [0.4, 0.5) is 0 Å². The Kier molecular flexibility index (Phi) is 2.11. The first-order valence-electron chi connectivity index (χ1n) is 5.48. The van der Waals surface area contributed by atoms with Gasteiger partial charge in [-0.3, -0.25) is 0 Å². The van der Waals surface area contributed by atoms with Crippen LogP contribution in [0.15, 0.2) is 23.3 Å². The molecule has 1 N–H and O–H groups in total. The van der Waals surface area contributed by atoms with Gasteiger partial charge in [0.25, 0.3) is 0 Å². The van der Waals surface area contributed by atoms with Crippen LogP contribution >= 0.6 is 0 Å². The van der Waals surface area contributed by atoms with E-state index >= 15 is 0 Å². The molecule has 3 atom stereocenters. The predicted octanol–water partition coefficient (Wildman–Crippen LogP) is 2.92. The Morgan fingerprint density at radius 2 is 2.21 bits per heavy atom. The molecule has 2 bridgehead atoms. The molecule has 78 valence electrons. The van der Waals surface area contributed by atoms with Crippen molar-refractivity contribution in [3.8, 4) is 0 Å². The third-order valence-electron chi connectivity index (χ3n) is 4.69. The van der Waals surface area contributed by atoms with E-state index in [9.17, 15) is 5.11 Å². The average Bonchev–Trinajstić information content (AvgIpc) is 2.64. The predicted molar refractivity (Wildman–Crippen MR) is 58.9 cm³/mol. The van der Waals surface area contributed by atoms with E-state index in [1.54, 1.807) is 5.57 Å². The molecule has 0 unspecified atom stereocenters. The van der Waals surface area contributed by atoms with Crippen molar-refractivity contribution in [2.75, 3.05) is 6.61 Å². The summed E-state index contributed by atoms with van der Waals surface area (Å²) in [5, 5.41) is 9.44. The molecule has 0 aromatic carbocycles. The second kappa shape index (κ2) is 2.96. The van der Waals surface area contributed by atoms with Gasteiger partial charge in [-0.1, -0.05) is 23.3 Å². The molecule has 0 amide bonds. The lowest BCUT2D eigenvalue weighted by atomic mass is 9.68. The number of fused-ring (bicyclic) bond motifs is 2. The molecule has 0 spiro atoms. The number of hydrogen-bond acceptors (Lipinski definition) is 1. The summed E-state index contributed by atoms with van der Waals surface area (Å²) in [6.45, 7) is 11.1. The maximum absolute atomic E-state index is 9.44. The summed E-state index contributed by atoms with van der Waals surface area (Å²) in [7, 11) is 0. The fourth-order valence-electron chi connectivity index (χ4n) is 3.70. The molecule has 0 heterocycles. The lowest BCUT2D eigenvalue weighted by Crippen LogP contribution is -2.30. The van der Waals surface area contributed by atoms with E-state index in [1.807, 2.05) is 0 Å². The van der Waals surface area contributed by atoms with Crippen molar-refractivity contribution < 1.29 is 5.11 Å². The van der Waals surface area contributed by atoms with Gasteiger partial charge in [-0.25, -0.2) is 0 Å². The summed E-state index contributed by atoms with van der Waals surface area (Å²) in [5.41, 5.74) is 4.43. The van der Waals surface area contributed by atoms with Gasteiger partial charge in [0, 0.05) is 12.0 Å². The van der Waals surface area contributed by atoms with Crippen molar-refractivity contribution in [3.63, 3.8) is 0 Å². The van der Waals surface area contributed by atoms with Gasteiger partial charge < -0.3 is 5.11 Å². The number of allylic oxidation sites excluding steroid dienone is 3. The maximum Gasteiger partial charge on any atom is 0.0471 e. The van der Waals surface area contributed by atoms with Gasteiger partial charge in [0.05, 0.1) is 0 Å². The Morgan fingerprint density at radius 1 is 1.57 bits per heavy atom. The maximum atomic E-state index is 9.44. The molecule has 0 aromatic rings. The first kappa shape index (κ1) is 9.97. The van der Waals surface area contributed by atoms with Crippen LogP contribution in [0.3, 0.4) is 0 Å². The molecular formula is C13H20O. The molecule has 2 aliphatic rings. The normalized spacial score (nSPS) is 40.9. The van der Waals surface area contributed by atoms with E-state index in [0.717, 1.165) is 6.42 Å². The average molecular weight is 192 g/mol. The number of rotatable bonds is 2. The van der Waals surface area contributed by atoms with Gasteiger partial charge in [0.1, 0.15) is 0 Å². The van der Waals surface area contributed by atoms with E-state index < -0.39 is 0 Å². The molecule has 1 fully saturated rings. The van der Waals surface area contributed by atoms with E-state index in [-0.39, 0.29) is 5.41 Å². The van der Waals surface area contributed by atoms with Gasteiger partial charge in [0.15, 0.2) is 0 Å². The van der Waals surface area contributed by atoms with Crippen molar-refractivity contribution in [1.82, 2.24) is 0 Å². The molecular weight excluding hydrogens is 172 g/mol. The summed E-state index contributed by atoms with van der Waals surface area (Å²) in [5.74, 6) is 1.14. The largest absolute Gasteiger partial charge is 0.396 e. The first-order valence-corrected chi connectivity index (χ1v) is 5.48. The Labute approximate surface area is 86.5 Å². The Hall–Kier alpha value is -0.560. The van der Waals surface area contributed by atoms with Crippen LogP contribution in [0.5, 0.6) is 0 Å². The monoisotopic (exact) mass is 192 g/mol. The quantitative estimate of drug-likeness (QED) is 0.667. The van der Waals surface area contributed by atoms with Crippen molar-refractivity contribution >= 4 is 0 Å². The van der Waals surface area contributed by atoms with Gasteiger partial charge in [0.2, 0.25) is 0 Å². The van der Waals surface area contributed by atoms with Crippen LogP contribution in [0.2, 0.25) is 0 Å². The van der Waals surface area contributed by atoms with Crippen LogP contribution in [0.25, 0.3) is 0 Å². The standard InChI is InChI=1S/C13H20O/c1-8(2)13-6-11(5-12(13)7-14)9(3)10(13)4/h11-12,14H,1,5-7H2,2-4H3/t11-,12-,13-/m1/s1. The molecule has 14 heavy (non-hydrogen) atoms. The number of aliphatic hydroxyl groups is 1. The van der Waals surface area contributed by atoms with Gasteiger partial charge in [-0.05, 0) is 45.4 Å². The Bertz CT molecular complexity index is 313. The van der Waals surface area contributed by atoms with Crippen molar-refractivity contribution in [2.24, 2.45) is 17.3 Å². The fraction of sp³-hybridized carbons (Fsp3) is 0.692. The fourth-order valence-corrected chi connectivity index (χ4v) is 3.70. The smallest absolute Gasteiger partial charge is 0.0471 e. The van der Waals surface area contributed by atoms with Gasteiger partial charge >= 0.3 is 0 Å². The molecule has 0 radical (unpaired) electrons. The molecule has 0 aromatic heterocycles. The van der Waals surface area contributed by atoms with Crippen LogP contribution in [0.1, 0.15) is 33.6 Å². The zero-order valence-corrected chi connectivity index (χ0v) is 9.43. The molecule has 0 aliphatic heterocycles. The molecule has 1 nitrogen and oxygen atoms in total. The van der Waals surface area contributed by atoms with Crippen molar-refractivity contribution in [1.29, 1.82) is 0 Å². The Morgan fingerprint density at radius 3 is 2.64 bits per heavy atom. The highest BCUT2D eigenvalue weighted by Gasteiger charge is 2.54. The molecule has 1 saturated carbocycles. The highest BCUT2D eigenvalue weighted by Crippen LogP contribution is 2.63. The molecule has 2 rings (SSSR count). The molecule has 1 heteroatoms. The van der Waals surface area contributed by atoms with Gasteiger partial charge in [-0.15, -0.1) is 0 Å². The van der Waals surface area contributed by atoms with Gasteiger partial charge in [-0.2, -0.15) is 0 Å². The molecule has 2 aliphatic carbocycles. The van der Waals surface area contributed by atoms with Crippen LogP contribution in [-0.4, -0.2) is 11.7 Å². The summed E-state index contributed by atoms with van der Waals surface area (Å²) >= 11 is 0. The van der Waals surface area contributed by atoms with Crippen LogP contribution in [-0.2, 0) is 0 Å². The minimum atomic E-state index is 0.142. The second-order valence-electron chi connectivity index (χ2n) is 5.08. The SMILES string of the molecule is C=C(C)[C@@]12C[C@@H](C[C@@H]1CO)C(C)=C2C. The minimum Gasteiger partial charge on any atom is -0.396 e. The van der Waals surface area contributed by atoms with E-state index in [0.29, 0.717) is 18.4 Å². The Balaban J connectivity index is 2.49. The number of aliphatic hydroxyl groups excluding tert-OH is 1. The summed E-state index contributed by atoms with van der Waals surface area (Å²) in [6, 6.07) is 0. The summed E-state index contributed by atoms with van der Waals surface area (Å²) < 4.78 is 0. The lowest BCUT2D eigenvalue weighted by molar-refractivity contribution is 0.165. The summed E-state index contributed by atoms with van der Waals surface area (Å²) in [4.78, 5) is 0.